The zero-order valence-corrected chi connectivity index (χ0v) is 18.9. The maximum Gasteiger partial charge on any atom is 0.200 e. The highest BCUT2D eigenvalue weighted by Gasteiger charge is 2.45. The van der Waals surface area contributed by atoms with Crippen LogP contribution in [0, 0.1) is 0 Å². The average molecular weight is 388 g/mol. The third kappa shape index (κ3) is 5.69. The molecule has 2 N–H and O–H groups in total. The normalized spacial score (nSPS) is 14.6. The lowest BCUT2D eigenvalue weighted by molar-refractivity contribution is 0.262. The Morgan fingerprint density at radius 1 is 1.11 bits per heavy atom. The molecule has 2 heterocycles. The van der Waals surface area contributed by atoms with Crippen molar-refractivity contribution in [2.75, 3.05) is 18.4 Å². The number of pyridine rings is 1. The Morgan fingerprint density at radius 3 is 2.41 bits per heavy atom. The predicted molar refractivity (Wildman–Crippen MR) is 118 cm³/mol. The minimum atomic E-state index is -1.86. The van der Waals surface area contributed by atoms with Crippen molar-refractivity contribution in [1.29, 1.82) is 0 Å². The van der Waals surface area contributed by atoms with Crippen LogP contribution in [0.2, 0.25) is 16.6 Å². The molecule has 0 radical (unpaired) electrons. The second-order valence-corrected chi connectivity index (χ2v) is 13.8. The van der Waals surface area contributed by atoms with Gasteiger partial charge in [0.05, 0.1) is 12.3 Å². The third-order valence-corrected chi connectivity index (χ3v) is 11.6. The fourth-order valence-corrected chi connectivity index (χ4v) is 9.75. The van der Waals surface area contributed by atoms with Crippen molar-refractivity contribution in [2.45, 2.75) is 71.2 Å². The number of hydrogen-bond acceptors (Lipinski definition) is 4. The van der Waals surface area contributed by atoms with Gasteiger partial charge in [-0.15, -0.1) is 0 Å². The van der Waals surface area contributed by atoms with Gasteiger partial charge in [0.2, 0.25) is 8.32 Å². The maximum absolute atomic E-state index is 6.68. The van der Waals surface area contributed by atoms with Crippen molar-refractivity contribution in [2.24, 2.45) is 0 Å². The summed E-state index contributed by atoms with van der Waals surface area (Å²) in [4.78, 5) is 4.77. The molecule has 0 amide bonds. The minimum absolute atomic E-state index is 0.587. The molecule has 0 saturated heterocycles. The third-order valence-electron chi connectivity index (χ3n) is 5.56. The zero-order chi connectivity index (χ0) is 19.9. The molecule has 1 aliphatic heterocycles. The van der Waals surface area contributed by atoms with Crippen molar-refractivity contribution < 1.29 is 4.43 Å². The van der Waals surface area contributed by atoms with Crippen LogP contribution in [0.25, 0.3) is 0 Å². The van der Waals surface area contributed by atoms with Crippen LogP contribution in [0.1, 0.15) is 53.7 Å². The SMILES string of the molecule is CC(C)[Si](OCc1cccc(NCCC2=CC=CCN2)n1)(C(C)C)C(C)C. The summed E-state index contributed by atoms with van der Waals surface area (Å²) in [5.41, 5.74) is 4.04. The Bertz CT molecular complexity index is 631. The first-order valence-electron chi connectivity index (χ1n) is 10.3. The molecule has 0 fully saturated rings. The van der Waals surface area contributed by atoms with E-state index in [9.17, 15) is 0 Å². The number of dihydropyridines is 1. The van der Waals surface area contributed by atoms with Gasteiger partial charge in [0.25, 0.3) is 0 Å². The number of rotatable bonds is 10. The molecule has 0 saturated carbocycles. The molecule has 1 aromatic heterocycles. The Labute approximate surface area is 166 Å². The quantitative estimate of drug-likeness (QED) is 0.512. The van der Waals surface area contributed by atoms with Crippen LogP contribution in [0.15, 0.2) is 42.1 Å². The number of allylic oxidation sites excluding steroid dienone is 2. The zero-order valence-electron chi connectivity index (χ0n) is 17.9. The summed E-state index contributed by atoms with van der Waals surface area (Å²) in [5.74, 6) is 0.925. The van der Waals surface area contributed by atoms with Gasteiger partial charge >= 0.3 is 0 Å². The first-order valence-corrected chi connectivity index (χ1v) is 12.4. The highest BCUT2D eigenvalue weighted by molar-refractivity contribution is 6.77. The van der Waals surface area contributed by atoms with Gasteiger partial charge in [-0.05, 0) is 34.8 Å². The van der Waals surface area contributed by atoms with Crippen LogP contribution in [0.3, 0.4) is 0 Å². The fourth-order valence-electron chi connectivity index (χ4n) is 4.36. The molecular weight excluding hydrogens is 350 g/mol. The van der Waals surface area contributed by atoms with Gasteiger partial charge in [0.1, 0.15) is 5.82 Å². The van der Waals surface area contributed by atoms with Crippen LogP contribution in [0.4, 0.5) is 5.82 Å². The van der Waals surface area contributed by atoms with E-state index in [-0.39, 0.29) is 0 Å². The van der Waals surface area contributed by atoms with E-state index in [1.54, 1.807) is 0 Å². The van der Waals surface area contributed by atoms with Gasteiger partial charge in [-0.2, -0.15) is 0 Å². The topological polar surface area (TPSA) is 46.2 Å². The second kappa shape index (κ2) is 10.1. The van der Waals surface area contributed by atoms with Crippen LogP contribution in [-0.4, -0.2) is 26.4 Å². The molecule has 0 atom stereocenters. The minimum Gasteiger partial charge on any atom is -0.410 e. The van der Waals surface area contributed by atoms with Crippen molar-refractivity contribution in [3.8, 4) is 0 Å². The molecule has 0 spiro atoms. The van der Waals surface area contributed by atoms with Crippen molar-refractivity contribution >= 4 is 14.1 Å². The lowest BCUT2D eigenvalue weighted by atomic mass is 10.2. The molecule has 0 aromatic carbocycles. The molecule has 4 nitrogen and oxygen atoms in total. The van der Waals surface area contributed by atoms with Crippen molar-refractivity contribution in [3.05, 3.63) is 47.8 Å². The number of nitrogens with zero attached hydrogens (tertiary/aromatic N) is 1. The Hall–Kier alpha value is -1.59. The van der Waals surface area contributed by atoms with Crippen molar-refractivity contribution in [1.82, 2.24) is 10.3 Å². The predicted octanol–water partition coefficient (Wildman–Crippen LogP) is 5.62. The van der Waals surface area contributed by atoms with Gasteiger partial charge in [0, 0.05) is 25.2 Å². The van der Waals surface area contributed by atoms with Crippen molar-refractivity contribution in [3.63, 3.8) is 0 Å². The molecule has 150 valence electrons. The number of nitrogens with one attached hydrogen (secondary N) is 2. The van der Waals surface area contributed by atoms with E-state index in [4.69, 9.17) is 9.41 Å². The summed E-state index contributed by atoms with van der Waals surface area (Å²) >= 11 is 0. The highest BCUT2D eigenvalue weighted by atomic mass is 28.4. The summed E-state index contributed by atoms with van der Waals surface area (Å²) in [6.45, 7) is 16.3. The summed E-state index contributed by atoms with van der Waals surface area (Å²) in [5, 5.41) is 6.82. The van der Waals surface area contributed by atoms with E-state index < -0.39 is 8.32 Å². The lowest BCUT2D eigenvalue weighted by Gasteiger charge is -2.42. The van der Waals surface area contributed by atoms with E-state index >= 15 is 0 Å². The molecule has 1 aromatic rings. The highest BCUT2D eigenvalue weighted by Crippen LogP contribution is 2.42. The number of aromatic nitrogens is 1. The monoisotopic (exact) mass is 387 g/mol. The molecule has 0 unspecified atom stereocenters. The number of hydrogen-bond donors (Lipinski definition) is 2. The largest absolute Gasteiger partial charge is 0.410 e. The molecule has 5 heteroatoms. The Morgan fingerprint density at radius 2 is 1.81 bits per heavy atom. The van der Waals surface area contributed by atoms with Gasteiger partial charge in [0.15, 0.2) is 0 Å². The standard InChI is InChI=1S/C22H37N3OSi/c1-17(2)27(18(3)4,19(5)6)26-16-21-11-9-12-22(25-21)24-15-13-20-10-7-8-14-23-20/h7-12,17-19,23H,13-16H2,1-6H3,(H,24,25). The van der Waals surface area contributed by atoms with Crippen LogP contribution < -0.4 is 10.6 Å². The molecule has 27 heavy (non-hydrogen) atoms. The average Bonchev–Trinajstić information content (AvgIpc) is 2.62. The Balaban J connectivity index is 1.96. The van der Waals surface area contributed by atoms with E-state index in [1.807, 2.05) is 6.07 Å². The van der Waals surface area contributed by atoms with E-state index in [0.29, 0.717) is 23.2 Å². The summed E-state index contributed by atoms with van der Waals surface area (Å²) in [6, 6.07) is 6.17. The van der Waals surface area contributed by atoms with Crippen LogP contribution >= 0.6 is 0 Å². The molecule has 2 rings (SSSR count). The van der Waals surface area contributed by atoms with E-state index in [2.05, 4.69) is 82.5 Å². The Kier molecular flexibility index (Phi) is 8.11. The van der Waals surface area contributed by atoms with Crippen LogP contribution in [0.5, 0.6) is 0 Å². The fraction of sp³-hybridized carbons (Fsp3) is 0.591. The van der Waals surface area contributed by atoms with Gasteiger partial charge in [-0.25, -0.2) is 4.98 Å². The first kappa shape index (κ1) is 21.7. The van der Waals surface area contributed by atoms with Gasteiger partial charge in [-0.1, -0.05) is 59.8 Å². The van der Waals surface area contributed by atoms with E-state index in [0.717, 1.165) is 31.0 Å². The molecule has 0 bridgehead atoms. The summed E-state index contributed by atoms with van der Waals surface area (Å²) < 4.78 is 6.68. The molecule has 0 aliphatic carbocycles. The maximum atomic E-state index is 6.68. The number of anilines is 1. The van der Waals surface area contributed by atoms with E-state index in [1.165, 1.54) is 5.70 Å². The van der Waals surface area contributed by atoms with Gasteiger partial charge in [-0.3, -0.25) is 0 Å². The van der Waals surface area contributed by atoms with Gasteiger partial charge < -0.3 is 15.1 Å². The summed E-state index contributed by atoms with van der Waals surface area (Å²) in [7, 11) is -1.86. The second-order valence-electron chi connectivity index (χ2n) is 8.30. The summed E-state index contributed by atoms with van der Waals surface area (Å²) in [6.07, 6.45) is 7.33. The molecular formula is C22H37N3OSi. The first-order chi connectivity index (χ1) is 12.9. The lowest BCUT2D eigenvalue weighted by Crippen LogP contribution is -2.47. The van der Waals surface area contributed by atoms with Crippen LogP contribution in [-0.2, 0) is 11.0 Å². The smallest absolute Gasteiger partial charge is 0.200 e. The molecule has 1 aliphatic rings.